The maximum absolute atomic E-state index is 11.5. The average Bonchev–Trinajstić information content (AvgIpc) is 3.08. The van der Waals surface area contributed by atoms with Crippen LogP contribution in [0.15, 0.2) is 33.1 Å². The van der Waals surface area contributed by atoms with Crippen LogP contribution in [-0.4, -0.2) is 30.7 Å². The van der Waals surface area contributed by atoms with Crippen molar-refractivity contribution >= 4 is 33.0 Å². The Kier molecular flexibility index (Phi) is 4.49. The number of benzene rings is 1. The zero-order valence-corrected chi connectivity index (χ0v) is 17.6. The van der Waals surface area contributed by atoms with E-state index >= 15 is 0 Å². The van der Waals surface area contributed by atoms with Crippen LogP contribution in [0.3, 0.4) is 0 Å². The van der Waals surface area contributed by atoms with Crippen LogP contribution in [0.25, 0.3) is 11.4 Å². The molecule has 0 radical (unpaired) electrons. The summed E-state index contributed by atoms with van der Waals surface area (Å²) in [5.74, 6) is 1.29. The summed E-state index contributed by atoms with van der Waals surface area (Å²) < 4.78 is 34.0. The fourth-order valence-electron chi connectivity index (χ4n) is 3.43. The third kappa shape index (κ3) is 3.20. The zero-order valence-electron chi connectivity index (χ0n) is 15.2. The van der Waals surface area contributed by atoms with Gasteiger partial charge in [0.05, 0.1) is 29.8 Å². The molecule has 28 heavy (non-hydrogen) atoms. The minimum Gasteiger partial charge on any atom is -0.496 e. The van der Waals surface area contributed by atoms with Crippen LogP contribution < -0.4 is 9.88 Å². The topological polar surface area (TPSA) is 121 Å². The number of hydrogen-bond acceptors (Lipinski definition) is 8. The number of thiazole rings is 1. The number of primary sulfonamides is 1. The number of sulfonamides is 1. The molecule has 1 fully saturated rings. The third-order valence-corrected chi connectivity index (χ3v) is 7.71. The molecule has 0 spiro atoms. The minimum absolute atomic E-state index is 0.0393. The Balaban J connectivity index is 1.66. The van der Waals surface area contributed by atoms with E-state index in [0.717, 1.165) is 11.3 Å². The molecule has 1 saturated carbocycles. The molecule has 4 rings (SSSR count). The van der Waals surface area contributed by atoms with Crippen molar-refractivity contribution in [2.24, 2.45) is 10.6 Å². The molecule has 2 heterocycles. The first kappa shape index (κ1) is 19.3. The van der Waals surface area contributed by atoms with Crippen molar-refractivity contribution in [3.63, 3.8) is 0 Å². The molecule has 0 bridgehead atoms. The summed E-state index contributed by atoms with van der Waals surface area (Å²) in [5, 5.41) is 10.5. The van der Waals surface area contributed by atoms with Crippen molar-refractivity contribution in [2.75, 3.05) is 7.11 Å². The highest BCUT2D eigenvalue weighted by Gasteiger charge is 2.63. The predicted octanol–water partition coefficient (Wildman–Crippen LogP) is 3.41. The molecule has 2 N–H and O–H groups in total. The van der Waals surface area contributed by atoms with Crippen LogP contribution in [0.4, 0.5) is 0 Å². The van der Waals surface area contributed by atoms with E-state index in [9.17, 15) is 8.42 Å². The van der Waals surface area contributed by atoms with Crippen molar-refractivity contribution in [3.05, 3.63) is 40.3 Å². The summed E-state index contributed by atoms with van der Waals surface area (Å²) >= 11 is 7.16. The van der Waals surface area contributed by atoms with Crippen LogP contribution in [-0.2, 0) is 10.0 Å². The SMILES string of the molecule is COc1ccc(Cl)cc1-c1noc(C2C(c3ncc(S(N)(=O)=O)s3)C2(C)C)n1. The van der Waals surface area contributed by atoms with E-state index < -0.39 is 10.0 Å². The van der Waals surface area contributed by atoms with Gasteiger partial charge in [-0.3, -0.25) is 0 Å². The second-order valence-corrected chi connectivity index (χ2v) is 10.4. The number of ether oxygens (including phenoxy) is 1. The maximum atomic E-state index is 11.5. The molecule has 11 heteroatoms. The summed E-state index contributed by atoms with van der Waals surface area (Å²) in [6, 6.07) is 5.17. The first-order valence-electron chi connectivity index (χ1n) is 8.29. The van der Waals surface area contributed by atoms with E-state index in [1.807, 2.05) is 13.8 Å². The normalized spacial score (nSPS) is 20.9. The summed E-state index contributed by atoms with van der Waals surface area (Å²) in [6.45, 7) is 4.09. The van der Waals surface area contributed by atoms with Crippen LogP contribution in [0.1, 0.15) is 36.6 Å². The lowest BCUT2D eigenvalue weighted by molar-refractivity contribution is 0.367. The van der Waals surface area contributed by atoms with Gasteiger partial charge in [-0.1, -0.05) is 30.6 Å². The van der Waals surface area contributed by atoms with Crippen LogP contribution in [0.5, 0.6) is 5.75 Å². The van der Waals surface area contributed by atoms with Gasteiger partial charge in [-0.2, -0.15) is 4.98 Å². The van der Waals surface area contributed by atoms with Gasteiger partial charge in [-0.05, 0) is 23.6 Å². The van der Waals surface area contributed by atoms with Crippen molar-refractivity contribution in [2.45, 2.75) is 29.9 Å². The fraction of sp³-hybridized carbons (Fsp3) is 0.353. The van der Waals surface area contributed by atoms with Crippen LogP contribution in [0, 0.1) is 5.41 Å². The Labute approximate surface area is 170 Å². The first-order chi connectivity index (χ1) is 13.1. The largest absolute Gasteiger partial charge is 0.496 e. The van der Waals surface area contributed by atoms with Gasteiger partial charge < -0.3 is 9.26 Å². The lowest BCUT2D eigenvalue weighted by Gasteiger charge is -2.04. The molecule has 2 aromatic heterocycles. The summed E-state index contributed by atoms with van der Waals surface area (Å²) in [7, 11) is -2.22. The quantitative estimate of drug-likeness (QED) is 0.645. The lowest BCUT2D eigenvalue weighted by atomic mass is 10.1. The van der Waals surface area contributed by atoms with E-state index in [1.54, 1.807) is 25.3 Å². The van der Waals surface area contributed by atoms with Crippen molar-refractivity contribution in [3.8, 4) is 17.1 Å². The fourth-order valence-corrected chi connectivity index (χ4v) is 5.51. The number of nitrogens with zero attached hydrogens (tertiary/aromatic N) is 3. The number of rotatable bonds is 5. The highest BCUT2D eigenvalue weighted by molar-refractivity contribution is 7.91. The Hall–Kier alpha value is -2.01. The third-order valence-electron chi connectivity index (χ3n) is 4.99. The van der Waals surface area contributed by atoms with Crippen molar-refractivity contribution in [1.29, 1.82) is 0 Å². The van der Waals surface area contributed by atoms with E-state index in [2.05, 4.69) is 15.1 Å². The second kappa shape index (κ2) is 6.51. The number of hydrogen-bond donors (Lipinski definition) is 1. The average molecular weight is 441 g/mol. The van der Waals surface area contributed by atoms with Crippen molar-refractivity contribution in [1.82, 2.24) is 15.1 Å². The molecule has 0 saturated heterocycles. The zero-order chi connectivity index (χ0) is 20.3. The summed E-state index contributed by atoms with van der Waals surface area (Å²) in [5.41, 5.74) is 0.418. The van der Waals surface area contributed by atoms with Gasteiger partial charge in [0.25, 0.3) is 0 Å². The molecule has 148 valence electrons. The molecular formula is C17H17ClN4O4S2. The molecular weight excluding hydrogens is 424 g/mol. The van der Waals surface area contributed by atoms with Gasteiger partial charge >= 0.3 is 0 Å². The molecule has 0 amide bonds. The first-order valence-corrected chi connectivity index (χ1v) is 11.0. The highest BCUT2D eigenvalue weighted by Crippen LogP contribution is 2.70. The predicted molar refractivity (Wildman–Crippen MR) is 104 cm³/mol. The second-order valence-electron chi connectivity index (χ2n) is 7.14. The number of aromatic nitrogens is 3. The molecule has 3 aromatic rings. The Morgan fingerprint density at radius 1 is 1.32 bits per heavy atom. The molecule has 1 aromatic carbocycles. The van der Waals surface area contributed by atoms with Gasteiger partial charge in [0.2, 0.25) is 21.7 Å². The van der Waals surface area contributed by atoms with Gasteiger partial charge in [0.15, 0.2) is 4.21 Å². The highest BCUT2D eigenvalue weighted by atomic mass is 35.5. The molecule has 2 unspecified atom stereocenters. The molecule has 8 nitrogen and oxygen atoms in total. The molecule has 1 aliphatic rings. The maximum Gasteiger partial charge on any atom is 0.249 e. The Morgan fingerprint density at radius 2 is 2.07 bits per heavy atom. The van der Waals surface area contributed by atoms with Crippen molar-refractivity contribution < 1.29 is 17.7 Å². The molecule has 2 atom stereocenters. The monoisotopic (exact) mass is 440 g/mol. The number of methoxy groups -OCH3 is 1. The number of halogens is 1. The van der Waals surface area contributed by atoms with E-state index in [4.69, 9.17) is 26.0 Å². The van der Waals surface area contributed by atoms with Crippen LogP contribution in [0.2, 0.25) is 5.02 Å². The number of nitrogens with two attached hydrogens (primary N) is 1. The molecule has 1 aliphatic carbocycles. The van der Waals surface area contributed by atoms with Gasteiger partial charge in [-0.25, -0.2) is 18.5 Å². The van der Waals surface area contributed by atoms with Gasteiger partial charge in [0, 0.05) is 10.9 Å². The van der Waals surface area contributed by atoms with E-state index in [-0.39, 0.29) is 21.5 Å². The van der Waals surface area contributed by atoms with E-state index in [1.165, 1.54) is 6.20 Å². The smallest absolute Gasteiger partial charge is 0.249 e. The molecule has 0 aliphatic heterocycles. The van der Waals surface area contributed by atoms with E-state index in [0.29, 0.717) is 33.1 Å². The Bertz CT molecular complexity index is 1160. The minimum atomic E-state index is -3.77. The Morgan fingerprint density at radius 3 is 2.71 bits per heavy atom. The van der Waals surface area contributed by atoms with Crippen LogP contribution >= 0.6 is 22.9 Å². The standard InChI is InChI=1S/C17H17ClN4O4S2/c1-17(2)12(13(17)16-20-7-11(27-16)28(19,23)24)15-21-14(22-26-15)9-6-8(18)4-5-10(9)25-3/h4-7,12-13H,1-3H3,(H2,19,23,24). The summed E-state index contributed by atoms with van der Waals surface area (Å²) in [4.78, 5) is 8.79. The van der Waals surface area contributed by atoms with Gasteiger partial charge in [0.1, 0.15) is 5.75 Å². The van der Waals surface area contributed by atoms with Gasteiger partial charge in [-0.15, -0.1) is 11.3 Å². The lowest BCUT2D eigenvalue weighted by Crippen LogP contribution is -2.09. The summed E-state index contributed by atoms with van der Waals surface area (Å²) in [6.07, 6.45) is 1.29.